The Labute approximate surface area is 110 Å². The van der Waals surface area contributed by atoms with Gasteiger partial charge in [0.2, 0.25) is 0 Å². The molecule has 1 nitrogen and oxygen atoms in total. The van der Waals surface area contributed by atoms with E-state index in [0.29, 0.717) is 6.54 Å². The quantitative estimate of drug-likeness (QED) is 0.868. The number of hydrogen-bond donors (Lipinski definition) is 1. The summed E-state index contributed by atoms with van der Waals surface area (Å²) in [4.78, 5) is 0. The molecule has 0 saturated carbocycles. The minimum absolute atomic E-state index is 0.0442. The average Bonchev–Trinajstić information content (AvgIpc) is 2.41. The lowest BCUT2D eigenvalue weighted by molar-refractivity contribution is 0.640. The highest BCUT2D eigenvalue weighted by Gasteiger charge is 2.22. The topological polar surface area (TPSA) is 26.0 Å². The van der Waals surface area contributed by atoms with Gasteiger partial charge < -0.3 is 5.73 Å². The minimum atomic E-state index is 0.0442. The number of rotatable bonds is 4. The Kier molecular flexibility index (Phi) is 3.83. The maximum atomic E-state index is 5.58. The van der Waals surface area contributed by atoms with Gasteiger partial charge in [-0.3, -0.25) is 0 Å². The van der Waals surface area contributed by atoms with Gasteiger partial charge in [0.05, 0.1) is 0 Å². The molecule has 0 aliphatic heterocycles. The van der Waals surface area contributed by atoms with Gasteiger partial charge in [-0.05, 0) is 29.7 Å². The van der Waals surface area contributed by atoms with Crippen LogP contribution in [-0.2, 0) is 11.8 Å². The van der Waals surface area contributed by atoms with Gasteiger partial charge >= 0.3 is 0 Å². The maximum Gasteiger partial charge on any atom is 0.0146 e. The fourth-order valence-corrected chi connectivity index (χ4v) is 2.28. The highest BCUT2D eigenvalue weighted by Crippen LogP contribution is 2.31. The molecule has 0 aliphatic rings. The molecule has 1 heteroatoms. The fraction of sp³-hybridized carbons (Fsp3) is 0.294. The third-order valence-corrected chi connectivity index (χ3v) is 3.60. The third-order valence-electron chi connectivity index (χ3n) is 3.60. The lowest BCUT2D eigenvalue weighted by Crippen LogP contribution is -2.18. The summed E-state index contributed by atoms with van der Waals surface area (Å²) in [7, 11) is 0. The molecule has 0 heterocycles. The van der Waals surface area contributed by atoms with Crippen LogP contribution in [0.5, 0.6) is 0 Å². The van der Waals surface area contributed by atoms with Crippen LogP contribution in [0.3, 0.4) is 0 Å². The van der Waals surface area contributed by atoms with E-state index >= 15 is 0 Å². The molecule has 0 amide bonds. The van der Waals surface area contributed by atoms with Gasteiger partial charge in [0, 0.05) is 5.41 Å². The summed E-state index contributed by atoms with van der Waals surface area (Å²) >= 11 is 0. The lowest BCUT2D eigenvalue weighted by Gasteiger charge is -2.26. The first kappa shape index (κ1) is 12.8. The van der Waals surface area contributed by atoms with Crippen molar-refractivity contribution in [2.75, 3.05) is 6.54 Å². The number of nitrogens with two attached hydrogens (primary N) is 1. The van der Waals surface area contributed by atoms with Crippen LogP contribution in [0.4, 0.5) is 0 Å². The van der Waals surface area contributed by atoms with Crippen molar-refractivity contribution < 1.29 is 0 Å². The van der Waals surface area contributed by atoms with Crippen LogP contribution in [0.25, 0.3) is 0 Å². The van der Waals surface area contributed by atoms with Crippen molar-refractivity contribution in [3.8, 4) is 0 Å². The highest BCUT2D eigenvalue weighted by molar-refractivity contribution is 5.38. The van der Waals surface area contributed by atoms with Crippen LogP contribution in [0, 0.1) is 0 Å². The molecule has 0 fully saturated rings. The van der Waals surface area contributed by atoms with Gasteiger partial charge in [-0.2, -0.15) is 0 Å². The predicted molar refractivity (Wildman–Crippen MR) is 77.8 cm³/mol. The van der Waals surface area contributed by atoms with E-state index in [4.69, 9.17) is 5.73 Å². The van der Waals surface area contributed by atoms with Crippen LogP contribution < -0.4 is 5.73 Å². The molecule has 0 saturated heterocycles. The maximum absolute atomic E-state index is 5.58. The molecule has 94 valence electrons. The predicted octanol–water partition coefficient (Wildman–Crippen LogP) is 3.51. The Bertz CT molecular complexity index is 483. The fourth-order valence-electron chi connectivity index (χ4n) is 2.28. The summed E-state index contributed by atoms with van der Waals surface area (Å²) in [5.74, 6) is 0. The molecule has 0 aliphatic carbocycles. The minimum Gasteiger partial charge on any atom is -0.330 e. The van der Waals surface area contributed by atoms with Gasteiger partial charge in [-0.25, -0.2) is 0 Å². The van der Waals surface area contributed by atoms with Gasteiger partial charge in [0.15, 0.2) is 0 Å². The first-order chi connectivity index (χ1) is 8.64. The van der Waals surface area contributed by atoms with Crippen LogP contribution in [0.15, 0.2) is 54.6 Å². The largest absolute Gasteiger partial charge is 0.330 e. The van der Waals surface area contributed by atoms with E-state index in [-0.39, 0.29) is 5.41 Å². The molecule has 0 atom stereocenters. The molecule has 0 bridgehead atoms. The SMILES string of the molecule is CC(C)(c1ccccc1)c1ccc(CCN)cc1. The van der Waals surface area contributed by atoms with Crippen LogP contribution in [0.1, 0.15) is 30.5 Å². The second-order valence-electron chi connectivity index (χ2n) is 5.23. The summed E-state index contributed by atoms with van der Waals surface area (Å²) in [6.07, 6.45) is 0.950. The molecular weight excluding hydrogens is 218 g/mol. The normalized spacial score (nSPS) is 11.5. The zero-order valence-corrected chi connectivity index (χ0v) is 11.2. The summed E-state index contributed by atoms with van der Waals surface area (Å²) in [6.45, 7) is 5.24. The van der Waals surface area contributed by atoms with E-state index < -0.39 is 0 Å². The zero-order chi connectivity index (χ0) is 13.0. The molecule has 2 N–H and O–H groups in total. The van der Waals surface area contributed by atoms with E-state index in [2.05, 4.69) is 68.4 Å². The van der Waals surface area contributed by atoms with E-state index in [1.807, 2.05) is 0 Å². The Morgan fingerprint density at radius 1 is 0.833 bits per heavy atom. The van der Waals surface area contributed by atoms with Gasteiger partial charge in [0.25, 0.3) is 0 Å². The van der Waals surface area contributed by atoms with Gasteiger partial charge in [-0.1, -0.05) is 68.4 Å². The smallest absolute Gasteiger partial charge is 0.0146 e. The summed E-state index contributed by atoms with van der Waals surface area (Å²) < 4.78 is 0. The number of hydrogen-bond acceptors (Lipinski definition) is 1. The second kappa shape index (κ2) is 5.36. The van der Waals surface area contributed by atoms with Gasteiger partial charge in [0.1, 0.15) is 0 Å². The Hall–Kier alpha value is -1.60. The standard InChI is InChI=1S/C17H21N/c1-17(2,15-6-4-3-5-7-15)16-10-8-14(9-11-16)12-13-18/h3-11H,12-13,18H2,1-2H3. The molecule has 0 radical (unpaired) electrons. The van der Waals surface area contributed by atoms with E-state index in [0.717, 1.165) is 6.42 Å². The van der Waals surface area contributed by atoms with E-state index in [9.17, 15) is 0 Å². The monoisotopic (exact) mass is 239 g/mol. The van der Waals surface area contributed by atoms with Crippen molar-refractivity contribution in [2.24, 2.45) is 5.73 Å². The first-order valence-electron chi connectivity index (χ1n) is 6.49. The Balaban J connectivity index is 2.30. The van der Waals surface area contributed by atoms with Gasteiger partial charge in [-0.15, -0.1) is 0 Å². The molecular formula is C17H21N. The average molecular weight is 239 g/mol. The van der Waals surface area contributed by atoms with Crippen molar-refractivity contribution in [2.45, 2.75) is 25.7 Å². The van der Waals surface area contributed by atoms with Crippen LogP contribution >= 0.6 is 0 Å². The molecule has 0 aromatic heterocycles. The zero-order valence-electron chi connectivity index (χ0n) is 11.2. The lowest BCUT2D eigenvalue weighted by atomic mass is 9.78. The Morgan fingerprint density at radius 2 is 1.39 bits per heavy atom. The molecule has 2 rings (SSSR count). The third kappa shape index (κ3) is 2.62. The summed E-state index contributed by atoms with van der Waals surface area (Å²) in [5.41, 5.74) is 9.62. The number of benzene rings is 2. The first-order valence-corrected chi connectivity index (χ1v) is 6.49. The molecule has 2 aromatic carbocycles. The van der Waals surface area contributed by atoms with Crippen molar-refractivity contribution in [3.63, 3.8) is 0 Å². The van der Waals surface area contributed by atoms with Crippen molar-refractivity contribution in [1.82, 2.24) is 0 Å². The van der Waals surface area contributed by atoms with Crippen molar-refractivity contribution in [1.29, 1.82) is 0 Å². The van der Waals surface area contributed by atoms with Crippen LogP contribution in [0.2, 0.25) is 0 Å². The van der Waals surface area contributed by atoms with Crippen molar-refractivity contribution >= 4 is 0 Å². The van der Waals surface area contributed by atoms with Crippen molar-refractivity contribution in [3.05, 3.63) is 71.3 Å². The van der Waals surface area contributed by atoms with Crippen LogP contribution in [-0.4, -0.2) is 6.54 Å². The van der Waals surface area contributed by atoms with E-state index in [1.54, 1.807) is 0 Å². The second-order valence-corrected chi connectivity index (χ2v) is 5.23. The Morgan fingerprint density at radius 3 is 1.94 bits per heavy atom. The summed E-state index contributed by atoms with van der Waals surface area (Å²) in [5, 5.41) is 0. The molecule has 0 unspecified atom stereocenters. The highest BCUT2D eigenvalue weighted by atomic mass is 14.5. The van der Waals surface area contributed by atoms with E-state index in [1.165, 1.54) is 16.7 Å². The molecule has 0 spiro atoms. The summed E-state index contributed by atoms with van der Waals surface area (Å²) in [6, 6.07) is 19.4. The molecule has 18 heavy (non-hydrogen) atoms. The molecule has 2 aromatic rings.